The third kappa shape index (κ3) is 2.96. The maximum Gasteiger partial charge on any atom is 0.262 e. The van der Waals surface area contributed by atoms with Crippen molar-refractivity contribution in [1.82, 2.24) is 9.55 Å². The second-order valence-corrected chi connectivity index (χ2v) is 7.41. The van der Waals surface area contributed by atoms with Crippen molar-refractivity contribution >= 4 is 21.6 Å². The number of thiophene rings is 1. The molecule has 4 rings (SSSR count). The molecule has 0 spiro atoms. The van der Waals surface area contributed by atoms with E-state index in [1.807, 2.05) is 67.6 Å². The van der Waals surface area contributed by atoms with Crippen LogP contribution < -0.4 is 5.56 Å². The van der Waals surface area contributed by atoms with Gasteiger partial charge in [-0.15, -0.1) is 11.3 Å². The standard InChI is InChI=1S/C21H18N2O2S/c1-14-18(16-10-6-3-7-11-16)19-20(26-14)22-13-23(21(19)25)12-17(24)15-8-4-2-5-9-15/h2-11,13,17,24H,12H2,1H3/t17-/m0/s1. The van der Waals surface area contributed by atoms with Crippen molar-refractivity contribution in [3.05, 3.63) is 87.8 Å². The number of benzene rings is 2. The molecule has 0 saturated heterocycles. The minimum absolute atomic E-state index is 0.117. The van der Waals surface area contributed by atoms with Gasteiger partial charge in [0.25, 0.3) is 5.56 Å². The first kappa shape index (κ1) is 16.7. The quantitative estimate of drug-likeness (QED) is 0.593. The first-order valence-corrected chi connectivity index (χ1v) is 9.24. The van der Waals surface area contributed by atoms with Gasteiger partial charge in [0.2, 0.25) is 0 Å². The van der Waals surface area contributed by atoms with Crippen LogP contribution in [0.1, 0.15) is 16.5 Å². The van der Waals surface area contributed by atoms with Crippen LogP contribution in [0.2, 0.25) is 0 Å². The molecule has 0 aliphatic carbocycles. The Bertz CT molecular complexity index is 1100. The summed E-state index contributed by atoms with van der Waals surface area (Å²) in [5.41, 5.74) is 2.61. The summed E-state index contributed by atoms with van der Waals surface area (Å²) in [6.45, 7) is 2.19. The van der Waals surface area contributed by atoms with E-state index in [0.717, 1.165) is 26.4 Å². The molecule has 0 bridgehead atoms. The monoisotopic (exact) mass is 362 g/mol. The van der Waals surface area contributed by atoms with Crippen molar-refractivity contribution in [1.29, 1.82) is 0 Å². The summed E-state index contributed by atoms with van der Waals surface area (Å²) < 4.78 is 1.50. The van der Waals surface area contributed by atoms with Crippen molar-refractivity contribution in [2.75, 3.05) is 0 Å². The molecular formula is C21H18N2O2S. The Labute approximate surface area is 155 Å². The van der Waals surface area contributed by atoms with Gasteiger partial charge in [0.05, 0.1) is 24.4 Å². The number of hydrogen-bond donors (Lipinski definition) is 1. The average molecular weight is 362 g/mol. The molecule has 0 unspecified atom stereocenters. The molecule has 2 aromatic carbocycles. The fourth-order valence-electron chi connectivity index (χ4n) is 3.19. The van der Waals surface area contributed by atoms with E-state index in [1.165, 1.54) is 22.2 Å². The summed E-state index contributed by atoms with van der Waals surface area (Å²) >= 11 is 1.52. The van der Waals surface area contributed by atoms with Crippen LogP contribution in [-0.4, -0.2) is 14.7 Å². The van der Waals surface area contributed by atoms with Gasteiger partial charge < -0.3 is 5.11 Å². The Balaban J connectivity index is 1.81. The molecule has 0 aliphatic rings. The highest BCUT2D eigenvalue weighted by molar-refractivity contribution is 7.19. The van der Waals surface area contributed by atoms with Gasteiger partial charge in [-0.05, 0) is 18.1 Å². The normalized spacial score (nSPS) is 12.4. The third-order valence-electron chi connectivity index (χ3n) is 4.47. The first-order chi connectivity index (χ1) is 12.6. The van der Waals surface area contributed by atoms with Crippen molar-refractivity contribution in [2.24, 2.45) is 0 Å². The molecule has 1 atom stereocenters. The zero-order valence-corrected chi connectivity index (χ0v) is 15.1. The lowest BCUT2D eigenvalue weighted by Gasteiger charge is -2.13. The first-order valence-electron chi connectivity index (χ1n) is 8.42. The van der Waals surface area contributed by atoms with Crippen molar-refractivity contribution in [3.8, 4) is 11.1 Å². The number of aliphatic hydroxyl groups is 1. The number of aromatic nitrogens is 2. The summed E-state index contributed by atoms with van der Waals surface area (Å²) in [6.07, 6.45) is 0.773. The smallest absolute Gasteiger partial charge is 0.262 e. The van der Waals surface area contributed by atoms with E-state index in [4.69, 9.17) is 0 Å². The summed E-state index contributed by atoms with van der Waals surface area (Å²) in [6, 6.07) is 19.2. The van der Waals surface area contributed by atoms with Crippen LogP contribution in [0, 0.1) is 6.92 Å². The molecule has 0 saturated carbocycles. The predicted molar refractivity (Wildman–Crippen MR) is 105 cm³/mol. The van der Waals surface area contributed by atoms with Crippen molar-refractivity contribution in [3.63, 3.8) is 0 Å². The Morgan fingerprint density at radius 3 is 2.42 bits per heavy atom. The lowest BCUT2D eigenvalue weighted by atomic mass is 10.0. The number of fused-ring (bicyclic) bond motifs is 1. The SMILES string of the molecule is Cc1sc2ncn(C[C@H](O)c3ccccc3)c(=O)c2c1-c1ccccc1. The van der Waals surface area contributed by atoms with Crippen LogP contribution in [0.25, 0.3) is 21.3 Å². The van der Waals surface area contributed by atoms with Crippen molar-refractivity contribution < 1.29 is 5.11 Å². The Morgan fingerprint density at radius 2 is 1.73 bits per heavy atom. The van der Waals surface area contributed by atoms with Gasteiger partial charge in [0.1, 0.15) is 4.83 Å². The fraction of sp³-hybridized carbons (Fsp3) is 0.143. The summed E-state index contributed by atoms with van der Waals surface area (Å²) in [7, 11) is 0. The summed E-state index contributed by atoms with van der Waals surface area (Å²) in [5, 5.41) is 11.1. The second kappa shape index (κ2) is 6.86. The summed E-state index contributed by atoms with van der Waals surface area (Å²) in [5.74, 6) is 0. The van der Waals surface area contributed by atoms with Gasteiger partial charge in [-0.3, -0.25) is 9.36 Å². The van der Waals surface area contributed by atoms with E-state index in [-0.39, 0.29) is 12.1 Å². The molecule has 0 radical (unpaired) electrons. The van der Waals surface area contributed by atoms with E-state index in [0.29, 0.717) is 5.39 Å². The van der Waals surface area contributed by atoms with Crippen LogP contribution >= 0.6 is 11.3 Å². The van der Waals surface area contributed by atoms with E-state index >= 15 is 0 Å². The Morgan fingerprint density at radius 1 is 1.08 bits per heavy atom. The Hall–Kier alpha value is -2.76. The molecule has 1 N–H and O–H groups in total. The van der Waals surface area contributed by atoms with Crippen LogP contribution in [0.4, 0.5) is 0 Å². The largest absolute Gasteiger partial charge is 0.387 e. The van der Waals surface area contributed by atoms with E-state index in [1.54, 1.807) is 0 Å². The van der Waals surface area contributed by atoms with Crippen LogP contribution in [0.15, 0.2) is 71.8 Å². The maximum atomic E-state index is 13.1. The number of aliphatic hydroxyl groups excluding tert-OH is 1. The molecule has 2 heterocycles. The third-order valence-corrected chi connectivity index (χ3v) is 5.48. The zero-order valence-electron chi connectivity index (χ0n) is 14.3. The molecule has 5 heteroatoms. The number of nitrogens with zero attached hydrogens (tertiary/aromatic N) is 2. The summed E-state index contributed by atoms with van der Waals surface area (Å²) in [4.78, 5) is 19.4. The minimum Gasteiger partial charge on any atom is -0.387 e. The Kier molecular flexibility index (Phi) is 4.41. The molecule has 2 aromatic heterocycles. The molecule has 0 amide bonds. The molecule has 4 nitrogen and oxygen atoms in total. The highest BCUT2D eigenvalue weighted by atomic mass is 32.1. The van der Waals surface area contributed by atoms with Crippen molar-refractivity contribution in [2.45, 2.75) is 19.6 Å². The van der Waals surface area contributed by atoms with Gasteiger partial charge in [0, 0.05) is 10.4 Å². The van der Waals surface area contributed by atoms with Gasteiger partial charge in [0.15, 0.2) is 0 Å². The van der Waals surface area contributed by atoms with Gasteiger partial charge in [-0.25, -0.2) is 4.98 Å². The van der Waals surface area contributed by atoms with Crippen LogP contribution in [0.5, 0.6) is 0 Å². The molecule has 0 aliphatic heterocycles. The van der Waals surface area contributed by atoms with E-state index < -0.39 is 6.10 Å². The number of aryl methyl sites for hydroxylation is 1. The topological polar surface area (TPSA) is 55.1 Å². The number of hydrogen-bond acceptors (Lipinski definition) is 4. The fourth-order valence-corrected chi connectivity index (χ4v) is 4.19. The highest BCUT2D eigenvalue weighted by Crippen LogP contribution is 2.35. The predicted octanol–water partition coefficient (Wildman–Crippen LogP) is 4.17. The zero-order chi connectivity index (χ0) is 18.1. The van der Waals surface area contributed by atoms with Crippen LogP contribution in [0.3, 0.4) is 0 Å². The molecular weight excluding hydrogens is 344 g/mol. The van der Waals surface area contributed by atoms with E-state index in [2.05, 4.69) is 4.98 Å². The van der Waals surface area contributed by atoms with Gasteiger partial charge in [-0.2, -0.15) is 0 Å². The maximum absolute atomic E-state index is 13.1. The number of rotatable bonds is 4. The highest BCUT2D eigenvalue weighted by Gasteiger charge is 2.18. The van der Waals surface area contributed by atoms with Gasteiger partial charge in [-0.1, -0.05) is 60.7 Å². The average Bonchev–Trinajstić information content (AvgIpc) is 3.02. The molecule has 0 fully saturated rings. The molecule has 130 valence electrons. The van der Waals surface area contributed by atoms with E-state index in [9.17, 15) is 9.90 Å². The van der Waals surface area contributed by atoms with Crippen LogP contribution in [-0.2, 0) is 6.54 Å². The molecule has 4 aromatic rings. The lowest BCUT2D eigenvalue weighted by molar-refractivity contribution is 0.155. The van der Waals surface area contributed by atoms with Gasteiger partial charge >= 0.3 is 0 Å². The molecule has 26 heavy (non-hydrogen) atoms. The second-order valence-electron chi connectivity index (χ2n) is 6.21. The lowest BCUT2D eigenvalue weighted by Crippen LogP contribution is -2.23. The minimum atomic E-state index is -0.756.